The Bertz CT molecular complexity index is 649. The van der Waals surface area contributed by atoms with Crippen molar-refractivity contribution in [3.05, 3.63) is 21.4 Å². The molecule has 0 saturated carbocycles. The van der Waals surface area contributed by atoms with Gasteiger partial charge in [-0.1, -0.05) is 11.6 Å². The van der Waals surface area contributed by atoms with E-state index >= 15 is 0 Å². The van der Waals surface area contributed by atoms with Crippen molar-refractivity contribution in [3.63, 3.8) is 0 Å². The quantitative estimate of drug-likeness (QED) is 0.788. The summed E-state index contributed by atoms with van der Waals surface area (Å²) < 4.78 is 5.78. The lowest BCUT2D eigenvalue weighted by atomic mass is 10.1. The Morgan fingerprint density at radius 1 is 1.20 bits per heavy atom. The molecule has 2 aromatic rings. The zero-order valence-electron chi connectivity index (χ0n) is 11.3. The summed E-state index contributed by atoms with van der Waals surface area (Å²) in [6.45, 7) is 0.869. The second-order valence-electron chi connectivity index (χ2n) is 5.66. The summed E-state index contributed by atoms with van der Waals surface area (Å²) in [5.74, 6) is 0.842. The topological polar surface area (TPSA) is 35.0 Å². The highest BCUT2D eigenvalue weighted by Crippen LogP contribution is 2.39. The van der Waals surface area contributed by atoms with E-state index in [0.717, 1.165) is 41.9 Å². The van der Waals surface area contributed by atoms with E-state index in [9.17, 15) is 0 Å². The molecule has 1 atom stereocenters. The highest BCUT2D eigenvalue weighted by atomic mass is 35.5. The van der Waals surface area contributed by atoms with Crippen molar-refractivity contribution in [3.8, 4) is 0 Å². The first-order chi connectivity index (χ1) is 9.81. The summed E-state index contributed by atoms with van der Waals surface area (Å²) >= 11 is 8.22. The van der Waals surface area contributed by atoms with Gasteiger partial charge in [-0.2, -0.15) is 0 Å². The summed E-state index contributed by atoms with van der Waals surface area (Å²) in [4.78, 5) is 11.8. The predicted octanol–water partition coefficient (Wildman–Crippen LogP) is 3.95. The molecule has 0 amide bonds. The molecule has 3 heterocycles. The van der Waals surface area contributed by atoms with E-state index in [-0.39, 0.29) is 6.10 Å². The molecule has 106 valence electrons. The number of halogens is 1. The van der Waals surface area contributed by atoms with Crippen LogP contribution in [0.15, 0.2) is 0 Å². The first-order valence-electron chi connectivity index (χ1n) is 7.39. The molecule has 0 radical (unpaired) electrons. The van der Waals surface area contributed by atoms with Crippen molar-refractivity contribution in [2.45, 2.75) is 51.0 Å². The summed E-state index contributed by atoms with van der Waals surface area (Å²) in [5.41, 5.74) is 1.40. The van der Waals surface area contributed by atoms with Crippen molar-refractivity contribution >= 4 is 33.2 Å². The van der Waals surface area contributed by atoms with Crippen molar-refractivity contribution in [1.82, 2.24) is 9.97 Å². The zero-order chi connectivity index (χ0) is 13.5. The van der Waals surface area contributed by atoms with Crippen LogP contribution in [0.1, 0.15) is 41.9 Å². The number of aromatic nitrogens is 2. The molecular formula is C15H17ClN2OS. The third kappa shape index (κ3) is 2.24. The molecule has 1 unspecified atom stereocenters. The lowest BCUT2D eigenvalue weighted by Gasteiger charge is -2.21. The molecule has 1 saturated heterocycles. The molecule has 2 aromatic heterocycles. The molecule has 1 aliphatic heterocycles. The lowest BCUT2D eigenvalue weighted by Crippen LogP contribution is -2.22. The van der Waals surface area contributed by atoms with Gasteiger partial charge in [-0.15, -0.1) is 11.3 Å². The Hall–Kier alpha value is -0.710. The normalized spacial score (nSPS) is 22.4. The van der Waals surface area contributed by atoms with Gasteiger partial charge in [0.1, 0.15) is 15.8 Å². The first-order valence-corrected chi connectivity index (χ1v) is 8.59. The molecule has 20 heavy (non-hydrogen) atoms. The molecule has 5 heteroatoms. The van der Waals surface area contributed by atoms with Crippen LogP contribution in [-0.2, 0) is 24.0 Å². The largest absolute Gasteiger partial charge is 0.378 e. The van der Waals surface area contributed by atoms with Gasteiger partial charge in [0.25, 0.3) is 0 Å². The number of hydrogen-bond acceptors (Lipinski definition) is 4. The third-order valence-electron chi connectivity index (χ3n) is 4.25. The molecule has 2 aliphatic rings. The average molecular weight is 309 g/mol. The van der Waals surface area contributed by atoms with E-state index in [1.807, 2.05) is 0 Å². The molecule has 0 spiro atoms. The Morgan fingerprint density at radius 3 is 3.00 bits per heavy atom. The monoisotopic (exact) mass is 308 g/mol. The molecule has 1 aliphatic carbocycles. The van der Waals surface area contributed by atoms with Gasteiger partial charge in [-0.3, -0.25) is 0 Å². The van der Waals surface area contributed by atoms with Crippen molar-refractivity contribution < 1.29 is 4.74 Å². The summed E-state index contributed by atoms with van der Waals surface area (Å²) in [6, 6.07) is 0. The number of hydrogen-bond donors (Lipinski definition) is 0. The van der Waals surface area contributed by atoms with Gasteiger partial charge >= 0.3 is 0 Å². The number of nitrogens with zero attached hydrogens (tertiary/aromatic N) is 2. The van der Waals surface area contributed by atoms with Crippen LogP contribution in [0.3, 0.4) is 0 Å². The summed E-state index contributed by atoms with van der Waals surface area (Å²) in [5, 5.41) is 1.75. The van der Waals surface area contributed by atoms with E-state index < -0.39 is 0 Å². The van der Waals surface area contributed by atoms with Crippen LogP contribution in [0, 0.1) is 0 Å². The zero-order valence-corrected chi connectivity index (χ0v) is 12.9. The van der Waals surface area contributed by atoms with Crippen LogP contribution < -0.4 is 0 Å². The van der Waals surface area contributed by atoms with Gasteiger partial charge in [0.15, 0.2) is 0 Å². The van der Waals surface area contributed by atoms with Crippen LogP contribution in [-0.4, -0.2) is 22.7 Å². The molecule has 1 fully saturated rings. The van der Waals surface area contributed by atoms with E-state index in [4.69, 9.17) is 21.3 Å². The highest BCUT2D eigenvalue weighted by Gasteiger charge is 2.23. The van der Waals surface area contributed by atoms with Gasteiger partial charge in [0.05, 0.1) is 11.5 Å². The fourth-order valence-electron chi connectivity index (χ4n) is 3.26. The number of rotatable bonds is 2. The molecule has 3 nitrogen and oxygen atoms in total. The lowest BCUT2D eigenvalue weighted by molar-refractivity contribution is 0.0157. The maximum absolute atomic E-state index is 6.42. The maximum atomic E-state index is 6.42. The molecule has 0 aromatic carbocycles. The van der Waals surface area contributed by atoms with Gasteiger partial charge in [-0.05, 0) is 44.1 Å². The fourth-order valence-corrected chi connectivity index (χ4v) is 4.89. The number of thiophene rings is 1. The number of fused-ring (bicyclic) bond motifs is 3. The van der Waals surface area contributed by atoms with Crippen LogP contribution in [0.4, 0.5) is 0 Å². The average Bonchev–Trinajstić information content (AvgIpc) is 2.99. The van der Waals surface area contributed by atoms with Crippen molar-refractivity contribution in [1.29, 1.82) is 0 Å². The Labute approximate surface area is 127 Å². The van der Waals surface area contributed by atoms with Crippen LogP contribution >= 0.6 is 22.9 Å². The third-order valence-corrected chi connectivity index (χ3v) is 5.71. The minimum absolute atomic E-state index is 0.268. The first kappa shape index (κ1) is 13.0. The molecule has 4 rings (SSSR count). The Morgan fingerprint density at radius 2 is 2.15 bits per heavy atom. The van der Waals surface area contributed by atoms with E-state index in [2.05, 4.69) is 4.98 Å². The van der Waals surface area contributed by atoms with Crippen molar-refractivity contribution in [2.75, 3.05) is 6.61 Å². The Balaban J connectivity index is 1.67. The predicted molar refractivity (Wildman–Crippen MR) is 81.7 cm³/mol. The van der Waals surface area contributed by atoms with Gasteiger partial charge in [0, 0.05) is 17.9 Å². The van der Waals surface area contributed by atoms with E-state index in [1.54, 1.807) is 11.3 Å². The smallest absolute Gasteiger partial charge is 0.141 e. The second-order valence-corrected chi connectivity index (χ2v) is 7.10. The minimum atomic E-state index is 0.268. The summed E-state index contributed by atoms with van der Waals surface area (Å²) in [6.07, 6.45) is 8.13. The highest BCUT2D eigenvalue weighted by molar-refractivity contribution is 7.19. The Kier molecular flexibility index (Phi) is 3.41. The van der Waals surface area contributed by atoms with E-state index in [1.165, 1.54) is 36.1 Å². The maximum Gasteiger partial charge on any atom is 0.141 e. The number of aryl methyl sites for hydroxylation is 2. The minimum Gasteiger partial charge on any atom is -0.378 e. The SMILES string of the molecule is Clc1nc(CC2CCCCO2)nc2sc3c(c12)CCC3. The van der Waals surface area contributed by atoms with Gasteiger partial charge in [-0.25, -0.2) is 9.97 Å². The standard InChI is InChI=1S/C15H17ClN2OS/c16-14-13-10-5-3-6-11(10)20-15(13)18-12(17-14)8-9-4-1-2-7-19-9/h9H,1-8H2. The molecule has 0 bridgehead atoms. The van der Waals surface area contributed by atoms with Crippen LogP contribution in [0.5, 0.6) is 0 Å². The van der Waals surface area contributed by atoms with Gasteiger partial charge < -0.3 is 4.74 Å². The second kappa shape index (κ2) is 5.24. The molecular weight excluding hydrogens is 292 g/mol. The molecule has 0 N–H and O–H groups in total. The van der Waals surface area contributed by atoms with Crippen LogP contribution in [0.25, 0.3) is 10.2 Å². The fraction of sp³-hybridized carbons (Fsp3) is 0.600. The van der Waals surface area contributed by atoms with Crippen molar-refractivity contribution in [2.24, 2.45) is 0 Å². The number of ether oxygens (including phenoxy) is 1. The van der Waals surface area contributed by atoms with Gasteiger partial charge in [0.2, 0.25) is 0 Å². The summed E-state index contributed by atoms with van der Waals surface area (Å²) in [7, 11) is 0. The van der Waals surface area contributed by atoms with Crippen LogP contribution in [0.2, 0.25) is 5.15 Å². The van der Waals surface area contributed by atoms with E-state index in [0.29, 0.717) is 5.15 Å².